The van der Waals surface area contributed by atoms with Crippen LogP contribution in [0.4, 0.5) is 13.2 Å². The van der Waals surface area contributed by atoms with Crippen LogP contribution < -0.4 is 11.1 Å². The number of hydrogen-bond acceptors (Lipinski definition) is 3. The molecule has 0 spiro atoms. The standard InChI is InChI=1S/C14H17F3N2O3/c1-8(22-3)11(20)19-13(2,12(18)21)9-5-4-6-10(7-9)14(15,16)17/h4-8H,1-3H3,(H2,18,21)(H,19,20)/t8-,13+/m0/s1. The van der Waals surface area contributed by atoms with Crippen molar-refractivity contribution in [1.29, 1.82) is 0 Å². The highest BCUT2D eigenvalue weighted by molar-refractivity contribution is 5.92. The fourth-order valence-electron chi connectivity index (χ4n) is 1.74. The lowest BCUT2D eigenvalue weighted by atomic mass is 9.89. The van der Waals surface area contributed by atoms with Crippen LogP contribution in [0.25, 0.3) is 0 Å². The van der Waals surface area contributed by atoms with E-state index in [0.717, 1.165) is 18.2 Å². The van der Waals surface area contributed by atoms with E-state index in [1.165, 1.54) is 27.0 Å². The van der Waals surface area contributed by atoms with Gasteiger partial charge in [-0.2, -0.15) is 13.2 Å². The van der Waals surface area contributed by atoms with Crippen LogP contribution >= 0.6 is 0 Å². The molecule has 1 aromatic carbocycles. The molecule has 0 radical (unpaired) electrons. The molecular formula is C14H17F3N2O3. The van der Waals surface area contributed by atoms with E-state index >= 15 is 0 Å². The Bertz CT molecular complexity index is 575. The van der Waals surface area contributed by atoms with Gasteiger partial charge < -0.3 is 15.8 Å². The van der Waals surface area contributed by atoms with Crippen LogP contribution in [0.3, 0.4) is 0 Å². The summed E-state index contributed by atoms with van der Waals surface area (Å²) in [6.07, 6.45) is -5.46. The molecule has 0 fully saturated rings. The highest BCUT2D eigenvalue weighted by atomic mass is 19.4. The zero-order chi connectivity index (χ0) is 17.1. The normalized spacial score (nSPS) is 15.7. The molecule has 122 valence electrons. The van der Waals surface area contributed by atoms with Gasteiger partial charge in [-0.25, -0.2) is 0 Å². The van der Waals surface area contributed by atoms with Crippen LogP contribution in [-0.4, -0.2) is 25.0 Å². The number of methoxy groups -OCH3 is 1. The lowest BCUT2D eigenvalue weighted by Crippen LogP contribution is -2.55. The average Bonchev–Trinajstić information content (AvgIpc) is 2.45. The Labute approximate surface area is 125 Å². The highest BCUT2D eigenvalue weighted by Gasteiger charge is 2.38. The van der Waals surface area contributed by atoms with E-state index in [2.05, 4.69) is 5.32 Å². The van der Waals surface area contributed by atoms with Gasteiger partial charge in [-0.1, -0.05) is 12.1 Å². The summed E-state index contributed by atoms with van der Waals surface area (Å²) < 4.78 is 43.1. The van der Waals surface area contributed by atoms with Crippen molar-refractivity contribution in [1.82, 2.24) is 5.32 Å². The van der Waals surface area contributed by atoms with Crippen molar-refractivity contribution in [3.8, 4) is 0 Å². The minimum Gasteiger partial charge on any atom is -0.372 e. The second kappa shape index (κ2) is 6.35. The molecule has 0 saturated carbocycles. The van der Waals surface area contributed by atoms with Gasteiger partial charge in [-0.3, -0.25) is 9.59 Å². The van der Waals surface area contributed by atoms with Crippen LogP contribution in [-0.2, 0) is 26.0 Å². The highest BCUT2D eigenvalue weighted by Crippen LogP contribution is 2.32. The van der Waals surface area contributed by atoms with Gasteiger partial charge in [-0.15, -0.1) is 0 Å². The summed E-state index contributed by atoms with van der Waals surface area (Å²) in [5, 5.41) is 2.33. The van der Waals surface area contributed by atoms with E-state index in [4.69, 9.17) is 10.5 Å². The smallest absolute Gasteiger partial charge is 0.372 e. The summed E-state index contributed by atoms with van der Waals surface area (Å²) in [5.74, 6) is -1.65. The molecule has 0 aliphatic carbocycles. The maximum absolute atomic E-state index is 12.8. The summed E-state index contributed by atoms with van der Waals surface area (Å²) in [4.78, 5) is 23.6. The topological polar surface area (TPSA) is 81.4 Å². The Morgan fingerprint density at radius 3 is 2.27 bits per heavy atom. The second-order valence-electron chi connectivity index (χ2n) is 4.93. The zero-order valence-corrected chi connectivity index (χ0v) is 12.3. The molecule has 8 heteroatoms. The predicted molar refractivity (Wildman–Crippen MR) is 72.6 cm³/mol. The molecule has 0 aliphatic rings. The number of nitrogens with two attached hydrogens (primary N) is 1. The number of benzene rings is 1. The van der Waals surface area contributed by atoms with Gasteiger partial charge in [0.1, 0.15) is 11.6 Å². The first-order valence-corrected chi connectivity index (χ1v) is 6.35. The fraction of sp³-hybridized carbons (Fsp3) is 0.429. The molecule has 3 N–H and O–H groups in total. The molecule has 0 aromatic heterocycles. The zero-order valence-electron chi connectivity index (χ0n) is 12.3. The van der Waals surface area contributed by atoms with Crippen molar-refractivity contribution in [2.24, 2.45) is 5.73 Å². The summed E-state index contributed by atoms with van der Waals surface area (Å²) in [6.45, 7) is 2.67. The number of nitrogens with one attached hydrogen (secondary N) is 1. The third-order valence-corrected chi connectivity index (χ3v) is 3.36. The maximum atomic E-state index is 12.8. The molecule has 22 heavy (non-hydrogen) atoms. The Morgan fingerprint density at radius 1 is 1.27 bits per heavy atom. The van der Waals surface area contributed by atoms with E-state index in [-0.39, 0.29) is 5.56 Å². The van der Waals surface area contributed by atoms with Crippen LogP contribution in [0.15, 0.2) is 24.3 Å². The first-order valence-electron chi connectivity index (χ1n) is 6.35. The molecule has 0 unspecified atom stereocenters. The van der Waals surface area contributed by atoms with Crippen LogP contribution in [0.5, 0.6) is 0 Å². The third-order valence-electron chi connectivity index (χ3n) is 3.36. The van der Waals surface area contributed by atoms with Crippen LogP contribution in [0, 0.1) is 0 Å². The molecule has 0 aliphatic heterocycles. The second-order valence-corrected chi connectivity index (χ2v) is 4.93. The van der Waals surface area contributed by atoms with Crippen molar-refractivity contribution in [2.75, 3.05) is 7.11 Å². The monoisotopic (exact) mass is 318 g/mol. The molecule has 1 aromatic rings. The largest absolute Gasteiger partial charge is 0.416 e. The van der Waals surface area contributed by atoms with E-state index in [9.17, 15) is 22.8 Å². The van der Waals surface area contributed by atoms with Gasteiger partial charge in [0, 0.05) is 7.11 Å². The van der Waals surface area contributed by atoms with E-state index in [1.54, 1.807) is 0 Å². The number of hydrogen-bond donors (Lipinski definition) is 2. The van der Waals surface area contributed by atoms with Crippen molar-refractivity contribution >= 4 is 11.8 Å². The first kappa shape index (κ1) is 18.0. The Morgan fingerprint density at radius 2 is 1.82 bits per heavy atom. The number of ether oxygens (including phenoxy) is 1. The molecule has 0 bridgehead atoms. The van der Waals surface area contributed by atoms with Crippen molar-refractivity contribution in [3.05, 3.63) is 35.4 Å². The van der Waals surface area contributed by atoms with Crippen molar-refractivity contribution < 1.29 is 27.5 Å². The molecule has 0 heterocycles. The minimum atomic E-state index is -4.57. The molecular weight excluding hydrogens is 301 g/mol. The number of halogens is 3. The predicted octanol–water partition coefficient (Wildman–Crippen LogP) is 1.56. The maximum Gasteiger partial charge on any atom is 0.416 e. The van der Waals surface area contributed by atoms with E-state index in [1.807, 2.05) is 0 Å². The Hall–Kier alpha value is -2.09. The SMILES string of the molecule is CO[C@@H](C)C(=O)N[C@@](C)(C(N)=O)c1cccc(C(F)(F)F)c1. The lowest BCUT2D eigenvalue weighted by molar-refractivity contribution is -0.138. The summed E-state index contributed by atoms with van der Waals surface area (Å²) in [7, 11) is 1.29. The van der Waals surface area contributed by atoms with Gasteiger partial charge in [0.15, 0.2) is 0 Å². The summed E-state index contributed by atoms with van der Waals surface area (Å²) in [6, 6.07) is 4.08. The van der Waals surface area contributed by atoms with Crippen LogP contribution in [0.2, 0.25) is 0 Å². The number of alkyl halides is 3. The Kier molecular flexibility index (Phi) is 5.18. The average molecular weight is 318 g/mol. The van der Waals surface area contributed by atoms with E-state index < -0.39 is 35.2 Å². The van der Waals surface area contributed by atoms with Gasteiger partial charge in [-0.05, 0) is 31.5 Å². The van der Waals surface area contributed by atoms with Crippen LogP contribution in [0.1, 0.15) is 25.0 Å². The number of primary amides is 1. The Balaban J connectivity index is 3.26. The van der Waals surface area contributed by atoms with Crippen molar-refractivity contribution in [2.45, 2.75) is 31.7 Å². The number of amides is 2. The lowest BCUT2D eigenvalue weighted by Gasteiger charge is -2.29. The number of carbonyl (C=O) groups is 2. The first-order chi connectivity index (χ1) is 10.0. The summed E-state index contributed by atoms with van der Waals surface area (Å²) >= 11 is 0. The van der Waals surface area contributed by atoms with E-state index in [0.29, 0.717) is 0 Å². The quantitative estimate of drug-likeness (QED) is 0.864. The molecule has 1 rings (SSSR count). The molecule has 2 atom stereocenters. The molecule has 5 nitrogen and oxygen atoms in total. The fourth-order valence-corrected chi connectivity index (χ4v) is 1.74. The summed E-state index contributed by atoms with van der Waals surface area (Å²) in [5.41, 5.74) is 2.49. The van der Waals surface area contributed by atoms with Crippen molar-refractivity contribution in [3.63, 3.8) is 0 Å². The van der Waals surface area contributed by atoms with Gasteiger partial charge in [0.05, 0.1) is 5.56 Å². The molecule has 0 saturated heterocycles. The number of carbonyl (C=O) groups excluding carboxylic acids is 2. The van der Waals surface area contributed by atoms with Gasteiger partial charge in [0.25, 0.3) is 0 Å². The number of rotatable bonds is 5. The van der Waals surface area contributed by atoms with Gasteiger partial charge >= 0.3 is 6.18 Å². The molecule has 2 amide bonds. The third kappa shape index (κ3) is 3.76. The van der Waals surface area contributed by atoms with Gasteiger partial charge in [0.2, 0.25) is 11.8 Å². The minimum absolute atomic E-state index is 0.0634.